The molecule has 70 valence electrons. The van der Waals surface area contributed by atoms with E-state index >= 15 is 0 Å². The number of ketones is 1. The Morgan fingerprint density at radius 1 is 1.00 bits per heavy atom. The fourth-order valence-electron chi connectivity index (χ4n) is 0.704. The van der Waals surface area contributed by atoms with Crippen LogP contribution in [0.4, 0.5) is 0 Å². The highest BCUT2D eigenvalue weighted by atomic mass is 16.1. The maximum Gasteiger partial charge on any atom is 0.159 e. The van der Waals surface area contributed by atoms with Crippen molar-refractivity contribution in [3.63, 3.8) is 0 Å². The van der Waals surface area contributed by atoms with Gasteiger partial charge in [0.15, 0.2) is 5.78 Å². The van der Waals surface area contributed by atoms with Crippen molar-refractivity contribution >= 4 is 5.78 Å². The molecule has 0 amide bonds. The van der Waals surface area contributed by atoms with E-state index in [0.29, 0.717) is 6.42 Å². The lowest BCUT2D eigenvalue weighted by atomic mass is 10.2. The van der Waals surface area contributed by atoms with Gasteiger partial charge in [0, 0.05) is 6.42 Å². The molecule has 1 heteroatoms. The molecule has 0 N–H and O–H groups in total. The van der Waals surface area contributed by atoms with E-state index < -0.39 is 0 Å². The molecule has 0 aromatic heterocycles. The monoisotopic (exact) mass is 176 g/mol. The molecule has 0 saturated carbocycles. The minimum Gasteiger partial charge on any atom is -0.295 e. The number of carbonyl (C=O) groups is 1. The summed E-state index contributed by atoms with van der Waals surface area (Å²) in [6.07, 6.45) is 15.1. The van der Waals surface area contributed by atoms with Gasteiger partial charge in [-0.1, -0.05) is 42.5 Å². The lowest BCUT2D eigenvalue weighted by Crippen LogP contribution is -1.87. The van der Waals surface area contributed by atoms with Crippen LogP contribution in [0.2, 0.25) is 0 Å². The van der Waals surface area contributed by atoms with Gasteiger partial charge >= 0.3 is 0 Å². The normalized spacial score (nSPS) is 12.8. The molecule has 0 atom stereocenters. The summed E-state index contributed by atoms with van der Waals surface area (Å²) < 4.78 is 0. The zero-order valence-electron chi connectivity index (χ0n) is 8.23. The number of hydrogen-bond acceptors (Lipinski definition) is 1. The molecule has 0 spiro atoms. The van der Waals surface area contributed by atoms with Crippen molar-refractivity contribution in [3.05, 3.63) is 48.6 Å². The van der Waals surface area contributed by atoms with Crippen molar-refractivity contribution in [1.82, 2.24) is 0 Å². The van der Waals surface area contributed by atoms with Gasteiger partial charge in [-0.25, -0.2) is 0 Å². The SMILES string of the molecule is CC=CC=CC=CC(=O)CC=CC. The first-order chi connectivity index (χ1) is 6.31. The lowest BCUT2D eigenvalue weighted by molar-refractivity contribution is -0.113. The Morgan fingerprint density at radius 3 is 2.31 bits per heavy atom. The summed E-state index contributed by atoms with van der Waals surface area (Å²) >= 11 is 0. The largest absolute Gasteiger partial charge is 0.295 e. The lowest BCUT2D eigenvalue weighted by Gasteiger charge is -1.83. The maximum atomic E-state index is 11.0. The van der Waals surface area contributed by atoms with Gasteiger partial charge in [-0.3, -0.25) is 4.79 Å². The molecule has 1 nitrogen and oxygen atoms in total. The molecule has 0 rings (SSSR count). The van der Waals surface area contributed by atoms with Crippen LogP contribution < -0.4 is 0 Å². The van der Waals surface area contributed by atoms with Crippen LogP contribution in [0.1, 0.15) is 20.3 Å². The number of carbonyl (C=O) groups excluding carboxylic acids is 1. The van der Waals surface area contributed by atoms with Crippen molar-refractivity contribution in [2.45, 2.75) is 20.3 Å². The van der Waals surface area contributed by atoms with Gasteiger partial charge in [-0.15, -0.1) is 0 Å². The smallest absolute Gasteiger partial charge is 0.159 e. The fourth-order valence-corrected chi connectivity index (χ4v) is 0.704. The number of allylic oxidation sites excluding steroid dienone is 8. The van der Waals surface area contributed by atoms with E-state index in [0.717, 1.165) is 0 Å². The molecular formula is C12H16O. The van der Waals surface area contributed by atoms with E-state index in [1.165, 1.54) is 0 Å². The van der Waals surface area contributed by atoms with E-state index in [1.807, 2.05) is 50.3 Å². The van der Waals surface area contributed by atoms with Crippen LogP contribution in [0.3, 0.4) is 0 Å². The second-order valence-corrected chi connectivity index (χ2v) is 2.51. The summed E-state index contributed by atoms with van der Waals surface area (Å²) in [4.78, 5) is 11.0. The van der Waals surface area contributed by atoms with E-state index in [1.54, 1.807) is 12.2 Å². The van der Waals surface area contributed by atoms with E-state index in [9.17, 15) is 4.79 Å². The highest BCUT2D eigenvalue weighted by Gasteiger charge is 1.88. The van der Waals surface area contributed by atoms with Gasteiger partial charge < -0.3 is 0 Å². The zero-order chi connectivity index (χ0) is 9.94. The molecule has 0 bridgehead atoms. The molecule has 0 aliphatic carbocycles. The molecule has 0 saturated heterocycles. The Kier molecular flexibility index (Phi) is 7.80. The van der Waals surface area contributed by atoms with Crippen LogP contribution in [0.25, 0.3) is 0 Å². The number of hydrogen-bond donors (Lipinski definition) is 0. The van der Waals surface area contributed by atoms with Gasteiger partial charge in [0.05, 0.1) is 0 Å². The third kappa shape index (κ3) is 8.54. The molecule has 0 fully saturated rings. The standard InChI is InChI=1S/C12H16O/c1-3-5-7-8-9-11-12(13)10-6-4-2/h3-9,11H,10H2,1-2H3. The van der Waals surface area contributed by atoms with Crippen molar-refractivity contribution < 1.29 is 4.79 Å². The Balaban J connectivity index is 3.77. The van der Waals surface area contributed by atoms with Crippen molar-refractivity contribution in [3.8, 4) is 0 Å². The first kappa shape index (κ1) is 11.6. The van der Waals surface area contributed by atoms with Gasteiger partial charge in [-0.2, -0.15) is 0 Å². The highest BCUT2D eigenvalue weighted by Crippen LogP contribution is 1.88. The maximum absolute atomic E-state index is 11.0. The average molecular weight is 176 g/mol. The Hall–Kier alpha value is -1.37. The molecule has 0 aromatic rings. The molecule has 0 aromatic carbocycles. The first-order valence-electron chi connectivity index (χ1n) is 4.41. The quantitative estimate of drug-likeness (QED) is 0.357. The van der Waals surface area contributed by atoms with Crippen LogP contribution >= 0.6 is 0 Å². The summed E-state index contributed by atoms with van der Waals surface area (Å²) in [5.74, 6) is 0.128. The predicted octanol–water partition coefficient (Wildman–Crippen LogP) is 3.21. The molecule has 0 heterocycles. The Bertz CT molecular complexity index is 242. The average Bonchev–Trinajstić information content (AvgIpc) is 2.14. The van der Waals surface area contributed by atoms with Crippen LogP contribution in [0.15, 0.2) is 48.6 Å². The van der Waals surface area contributed by atoms with Crippen molar-refractivity contribution in [1.29, 1.82) is 0 Å². The zero-order valence-corrected chi connectivity index (χ0v) is 8.23. The Morgan fingerprint density at radius 2 is 1.69 bits per heavy atom. The van der Waals surface area contributed by atoms with E-state index in [2.05, 4.69) is 0 Å². The summed E-state index contributed by atoms with van der Waals surface area (Å²) in [7, 11) is 0. The summed E-state index contributed by atoms with van der Waals surface area (Å²) in [6, 6.07) is 0. The van der Waals surface area contributed by atoms with Gasteiger partial charge in [0.25, 0.3) is 0 Å². The summed E-state index contributed by atoms with van der Waals surface area (Å²) in [6.45, 7) is 3.86. The third-order valence-electron chi connectivity index (χ3n) is 1.36. The second-order valence-electron chi connectivity index (χ2n) is 2.51. The first-order valence-corrected chi connectivity index (χ1v) is 4.41. The molecule has 0 radical (unpaired) electrons. The van der Waals surface area contributed by atoms with Crippen molar-refractivity contribution in [2.24, 2.45) is 0 Å². The molecule has 0 aliphatic rings. The number of rotatable bonds is 5. The van der Waals surface area contributed by atoms with Crippen molar-refractivity contribution in [2.75, 3.05) is 0 Å². The Labute approximate surface area is 80.2 Å². The summed E-state index contributed by atoms with van der Waals surface area (Å²) in [5.41, 5.74) is 0. The van der Waals surface area contributed by atoms with Crippen LogP contribution in [-0.4, -0.2) is 5.78 Å². The molecule has 0 aliphatic heterocycles. The fraction of sp³-hybridized carbons (Fsp3) is 0.250. The van der Waals surface area contributed by atoms with Crippen LogP contribution in [-0.2, 0) is 4.79 Å². The minimum absolute atomic E-state index is 0.128. The van der Waals surface area contributed by atoms with E-state index in [4.69, 9.17) is 0 Å². The minimum atomic E-state index is 0.128. The topological polar surface area (TPSA) is 17.1 Å². The second kappa shape index (κ2) is 8.72. The van der Waals surface area contributed by atoms with Gasteiger partial charge in [0.2, 0.25) is 0 Å². The van der Waals surface area contributed by atoms with Crippen LogP contribution in [0.5, 0.6) is 0 Å². The van der Waals surface area contributed by atoms with E-state index in [-0.39, 0.29) is 5.78 Å². The highest BCUT2D eigenvalue weighted by molar-refractivity contribution is 5.90. The van der Waals surface area contributed by atoms with Gasteiger partial charge in [0.1, 0.15) is 0 Å². The third-order valence-corrected chi connectivity index (χ3v) is 1.36. The van der Waals surface area contributed by atoms with Crippen LogP contribution in [0, 0.1) is 0 Å². The van der Waals surface area contributed by atoms with Gasteiger partial charge in [-0.05, 0) is 19.9 Å². The molecule has 0 unspecified atom stereocenters. The molecule has 13 heavy (non-hydrogen) atoms. The predicted molar refractivity (Wildman–Crippen MR) is 57.5 cm³/mol. The molecular weight excluding hydrogens is 160 g/mol. The summed E-state index contributed by atoms with van der Waals surface area (Å²) in [5, 5.41) is 0.